The van der Waals surface area contributed by atoms with Crippen LogP contribution in [0.2, 0.25) is 0 Å². The number of methoxy groups -OCH3 is 2. The summed E-state index contributed by atoms with van der Waals surface area (Å²) in [5.41, 5.74) is 4.10. The van der Waals surface area contributed by atoms with Crippen molar-refractivity contribution in [2.75, 3.05) is 52.8 Å². The van der Waals surface area contributed by atoms with E-state index in [-0.39, 0.29) is 12.0 Å². The van der Waals surface area contributed by atoms with Crippen LogP contribution in [-0.2, 0) is 16.1 Å². The first-order chi connectivity index (χ1) is 20.0. The number of carbonyl (C=O) groups is 2. The first-order valence-electron chi connectivity index (χ1n) is 14.2. The molecule has 0 atom stereocenters. The van der Waals surface area contributed by atoms with Gasteiger partial charge in [0, 0.05) is 56.0 Å². The van der Waals surface area contributed by atoms with Crippen molar-refractivity contribution < 1.29 is 23.8 Å². The summed E-state index contributed by atoms with van der Waals surface area (Å²) in [5.74, 6) is 2.63. The summed E-state index contributed by atoms with van der Waals surface area (Å²) in [7, 11) is 3.33. The van der Waals surface area contributed by atoms with Crippen LogP contribution in [0.15, 0.2) is 53.7 Å². The lowest BCUT2D eigenvalue weighted by Gasteiger charge is -2.34. The predicted octanol–water partition coefficient (Wildman–Crippen LogP) is 5.82. The molecule has 1 aliphatic rings. The van der Waals surface area contributed by atoms with Gasteiger partial charge in [-0.3, -0.25) is 4.79 Å². The summed E-state index contributed by atoms with van der Waals surface area (Å²) < 4.78 is 18.1. The fourth-order valence-electron chi connectivity index (χ4n) is 4.88. The highest BCUT2D eigenvalue weighted by atomic mass is 32.2. The molecule has 1 saturated heterocycles. The number of nitrogens with zero attached hydrogens (tertiary/aromatic N) is 4. The van der Waals surface area contributed by atoms with Crippen molar-refractivity contribution in [3.05, 3.63) is 48.5 Å². The van der Waals surface area contributed by atoms with Gasteiger partial charge in [0.15, 0.2) is 5.16 Å². The summed E-state index contributed by atoms with van der Waals surface area (Å²) in [5, 5.41) is 0.963. The zero-order valence-electron chi connectivity index (χ0n) is 24.4. The summed E-state index contributed by atoms with van der Waals surface area (Å²) in [6, 6.07) is 16.1. The maximum absolute atomic E-state index is 12.7. The Balaban J connectivity index is 1.39. The molecule has 4 rings (SSSR count). The number of benzene rings is 2. The number of amides is 2. The van der Waals surface area contributed by atoms with Crippen LogP contribution in [0.25, 0.3) is 22.5 Å². The van der Waals surface area contributed by atoms with Gasteiger partial charge < -0.3 is 28.6 Å². The molecule has 1 aromatic heterocycles. The Morgan fingerprint density at radius 3 is 1.98 bits per heavy atom. The van der Waals surface area contributed by atoms with Crippen LogP contribution in [0.4, 0.5) is 4.79 Å². The third-order valence-electron chi connectivity index (χ3n) is 7.15. The summed E-state index contributed by atoms with van der Waals surface area (Å²) in [4.78, 5) is 33.3. The lowest BCUT2D eigenvalue weighted by atomic mass is 10.0. The lowest BCUT2D eigenvalue weighted by molar-refractivity contribution is -0.132. The van der Waals surface area contributed by atoms with Gasteiger partial charge in [-0.05, 0) is 75.2 Å². The minimum atomic E-state index is -0.299. The lowest BCUT2D eigenvalue weighted by Crippen LogP contribution is -2.50. The van der Waals surface area contributed by atoms with E-state index in [4.69, 9.17) is 19.2 Å². The molecule has 0 spiro atoms. The third-order valence-corrected chi connectivity index (χ3v) is 8.21. The number of imidazole rings is 1. The molecule has 0 bridgehead atoms. The highest BCUT2D eigenvalue weighted by Crippen LogP contribution is 2.37. The molecular formula is C31H40N4O5S. The molecule has 0 unspecified atom stereocenters. The molecule has 0 N–H and O–H groups in total. The number of aromatic nitrogens is 2. The van der Waals surface area contributed by atoms with Gasteiger partial charge in [0.2, 0.25) is 5.91 Å². The van der Waals surface area contributed by atoms with Crippen LogP contribution in [0, 0.1) is 0 Å². The van der Waals surface area contributed by atoms with Crippen LogP contribution in [0.1, 0.15) is 33.1 Å². The number of rotatable bonds is 12. The van der Waals surface area contributed by atoms with E-state index in [1.165, 1.54) is 0 Å². The number of thioether (sulfide) groups is 1. The molecular weight excluding hydrogens is 540 g/mol. The van der Waals surface area contributed by atoms with Gasteiger partial charge in [0.05, 0.1) is 32.2 Å². The number of piperazine rings is 1. The van der Waals surface area contributed by atoms with Gasteiger partial charge in [0.1, 0.15) is 11.5 Å². The van der Waals surface area contributed by atoms with E-state index in [0.717, 1.165) is 64.3 Å². The molecule has 0 saturated carbocycles. The van der Waals surface area contributed by atoms with E-state index < -0.39 is 0 Å². The number of hydrogen-bond acceptors (Lipinski definition) is 7. The quantitative estimate of drug-likeness (QED) is 0.197. The minimum Gasteiger partial charge on any atom is -0.497 e. The fourth-order valence-corrected chi connectivity index (χ4v) is 5.94. The topological polar surface area (TPSA) is 86.1 Å². The summed E-state index contributed by atoms with van der Waals surface area (Å²) in [6.07, 6.45) is 1.93. The molecule has 3 aromatic rings. The van der Waals surface area contributed by atoms with Crippen molar-refractivity contribution in [1.29, 1.82) is 0 Å². The van der Waals surface area contributed by atoms with Crippen molar-refractivity contribution in [2.24, 2.45) is 0 Å². The normalized spacial score (nSPS) is 13.3. The van der Waals surface area contributed by atoms with E-state index in [1.807, 2.05) is 41.3 Å². The minimum absolute atomic E-state index is 0.150. The van der Waals surface area contributed by atoms with Gasteiger partial charge in [-0.2, -0.15) is 0 Å². The molecule has 10 heteroatoms. The highest BCUT2D eigenvalue weighted by molar-refractivity contribution is 7.99. The number of hydrogen-bond donors (Lipinski definition) is 0. The summed E-state index contributed by atoms with van der Waals surface area (Å²) >= 11 is 1.73. The second kappa shape index (κ2) is 14.8. The second-order valence-electron chi connectivity index (χ2n) is 9.67. The molecule has 9 nitrogen and oxygen atoms in total. The third kappa shape index (κ3) is 7.55. The Morgan fingerprint density at radius 2 is 1.41 bits per heavy atom. The molecule has 2 heterocycles. The first kappa shape index (κ1) is 30.3. The Labute approximate surface area is 246 Å². The van der Waals surface area contributed by atoms with Crippen LogP contribution < -0.4 is 9.47 Å². The van der Waals surface area contributed by atoms with E-state index in [1.54, 1.807) is 37.8 Å². The van der Waals surface area contributed by atoms with E-state index in [0.29, 0.717) is 39.2 Å². The van der Waals surface area contributed by atoms with Crippen molar-refractivity contribution in [3.63, 3.8) is 0 Å². The molecule has 0 aliphatic carbocycles. The maximum atomic E-state index is 12.7. The Kier molecular flexibility index (Phi) is 11.0. The largest absolute Gasteiger partial charge is 0.497 e. The van der Waals surface area contributed by atoms with Gasteiger partial charge >= 0.3 is 6.09 Å². The average Bonchev–Trinajstić information content (AvgIpc) is 3.39. The van der Waals surface area contributed by atoms with Crippen molar-refractivity contribution in [3.8, 4) is 34.0 Å². The first-order valence-corrected chi connectivity index (χ1v) is 15.2. The fraction of sp³-hybridized carbons (Fsp3) is 0.452. The van der Waals surface area contributed by atoms with Gasteiger partial charge in [-0.1, -0.05) is 11.8 Å². The Morgan fingerprint density at radius 1 is 0.829 bits per heavy atom. The second-order valence-corrected chi connectivity index (χ2v) is 10.7. The highest BCUT2D eigenvalue weighted by Gasteiger charge is 2.24. The zero-order chi connectivity index (χ0) is 29.2. The van der Waals surface area contributed by atoms with Gasteiger partial charge in [0.25, 0.3) is 0 Å². The molecule has 220 valence electrons. The number of ether oxygens (including phenoxy) is 3. The molecule has 1 fully saturated rings. The van der Waals surface area contributed by atoms with Crippen LogP contribution >= 0.6 is 11.8 Å². The van der Waals surface area contributed by atoms with Crippen molar-refractivity contribution >= 4 is 23.8 Å². The molecule has 41 heavy (non-hydrogen) atoms. The van der Waals surface area contributed by atoms with Crippen LogP contribution in [-0.4, -0.2) is 84.1 Å². The predicted molar refractivity (Wildman–Crippen MR) is 162 cm³/mol. The maximum Gasteiger partial charge on any atom is 0.409 e. The van der Waals surface area contributed by atoms with Crippen molar-refractivity contribution in [2.45, 2.75) is 44.8 Å². The smallest absolute Gasteiger partial charge is 0.409 e. The van der Waals surface area contributed by atoms with Gasteiger partial charge in [-0.25, -0.2) is 9.78 Å². The SMILES string of the molecule is CCOC(=O)N1CCN(C(=O)CCCCSc2nc(-c3ccc(OC)cc3)c(-c3ccc(OC)cc3)n2CC)CC1. The molecule has 1 aliphatic heterocycles. The summed E-state index contributed by atoms with van der Waals surface area (Å²) in [6.45, 7) is 7.23. The monoisotopic (exact) mass is 580 g/mol. The Hall–Kier alpha value is -3.66. The van der Waals surface area contributed by atoms with Crippen LogP contribution in [0.3, 0.4) is 0 Å². The standard InChI is InChI=1S/C31H40N4O5S/c1-5-35-29(24-12-16-26(39-4)17-13-24)28(23-10-14-25(38-3)15-11-23)32-30(35)41-22-8-7-9-27(36)33-18-20-34(21-19-33)31(37)40-6-2/h10-17H,5-9,18-22H2,1-4H3. The van der Waals surface area contributed by atoms with E-state index in [2.05, 4.69) is 23.6 Å². The van der Waals surface area contributed by atoms with E-state index >= 15 is 0 Å². The Bertz CT molecular complexity index is 1290. The van der Waals surface area contributed by atoms with E-state index in [9.17, 15) is 9.59 Å². The zero-order valence-corrected chi connectivity index (χ0v) is 25.2. The number of carbonyl (C=O) groups excluding carboxylic acids is 2. The van der Waals surface area contributed by atoms with Crippen molar-refractivity contribution in [1.82, 2.24) is 19.4 Å². The number of unbranched alkanes of at least 4 members (excludes halogenated alkanes) is 1. The molecule has 2 aromatic carbocycles. The van der Waals surface area contributed by atoms with Crippen LogP contribution in [0.5, 0.6) is 11.5 Å². The molecule has 2 amide bonds. The average molecular weight is 581 g/mol. The molecule has 0 radical (unpaired) electrons. The van der Waals surface area contributed by atoms with Gasteiger partial charge in [-0.15, -0.1) is 0 Å².